The number of carbonyl (C=O) groups is 1. The molecule has 11 heteroatoms. The number of oxime groups is 1. The lowest BCUT2D eigenvalue weighted by molar-refractivity contribution is -0.118. The molecule has 0 bridgehead atoms. The van der Waals surface area contributed by atoms with E-state index in [2.05, 4.69) is 29.1 Å². The topological polar surface area (TPSA) is 119 Å². The highest BCUT2D eigenvalue weighted by Crippen LogP contribution is 2.50. The van der Waals surface area contributed by atoms with E-state index in [-0.39, 0.29) is 17.8 Å². The number of carbonyl (C=O) groups excluding carboxylic acids is 1. The van der Waals surface area contributed by atoms with Crippen molar-refractivity contribution in [1.29, 1.82) is 0 Å². The van der Waals surface area contributed by atoms with Gasteiger partial charge in [0.05, 0.1) is 33.1 Å². The zero-order chi connectivity index (χ0) is 29.4. The molecule has 0 amide bonds. The molecule has 4 aromatic rings. The Kier molecular flexibility index (Phi) is 7.01. The molecule has 0 radical (unpaired) electrons. The maximum Gasteiger partial charge on any atom is 0.228 e. The molecule has 0 spiro atoms. The van der Waals surface area contributed by atoms with Crippen LogP contribution in [0.2, 0.25) is 0 Å². The van der Waals surface area contributed by atoms with Crippen LogP contribution in [-0.2, 0) is 16.2 Å². The number of rotatable bonds is 8. The first-order valence-electron chi connectivity index (χ1n) is 13.5. The van der Waals surface area contributed by atoms with Gasteiger partial charge in [-0.25, -0.2) is 14.5 Å². The van der Waals surface area contributed by atoms with Crippen LogP contribution in [0, 0.1) is 5.41 Å². The van der Waals surface area contributed by atoms with E-state index < -0.39 is 5.92 Å². The number of aromatic nitrogens is 4. The molecule has 216 valence electrons. The smallest absolute Gasteiger partial charge is 0.228 e. The number of methoxy groups -OCH3 is 3. The quantitative estimate of drug-likeness (QED) is 0.216. The summed E-state index contributed by atoms with van der Waals surface area (Å²) in [4.78, 5) is 28.4. The van der Waals surface area contributed by atoms with Crippen molar-refractivity contribution < 1.29 is 28.6 Å². The molecule has 1 aliphatic carbocycles. The molecule has 0 saturated carbocycles. The predicted octanol–water partition coefficient (Wildman–Crippen LogP) is 4.87. The largest absolute Gasteiger partial charge is 0.497 e. The second kappa shape index (κ2) is 10.8. The molecule has 3 heterocycles. The zero-order valence-electron chi connectivity index (χ0n) is 24.1. The van der Waals surface area contributed by atoms with Gasteiger partial charge < -0.3 is 23.8 Å². The van der Waals surface area contributed by atoms with Crippen LogP contribution in [0.15, 0.2) is 65.3 Å². The van der Waals surface area contributed by atoms with E-state index in [1.54, 1.807) is 50.5 Å². The summed E-state index contributed by atoms with van der Waals surface area (Å²) >= 11 is 0. The number of ether oxygens (including phenoxy) is 4. The lowest BCUT2D eigenvalue weighted by Gasteiger charge is -2.37. The van der Waals surface area contributed by atoms with E-state index in [1.165, 1.54) is 0 Å². The van der Waals surface area contributed by atoms with E-state index in [9.17, 15) is 4.79 Å². The molecule has 0 fully saturated rings. The second-order valence-electron chi connectivity index (χ2n) is 11.0. The lowest BCUT2D eigenvalue weighted by Crippen LogP contribution is -2.33. The highest BCUT2D eigenvalue weighted by atomic mass is 16.6. The third-order valence-electron chi connectivity index (χ3n) is 7.43. The van der Waals surface area contributed by atoms with Crippen molar-refractivity contribution in [3.63, 3.8) is 0 Å². The van der Waals surface area contributed by atoms with Gasteiger partial charge in [0.25, 0.3) is 0 Å². The first-order chi connectivity index (χ1) is 20.3. The Bertz CT molecular complexity index is 1720. The minimum absolute atomic E-state index is 0.0232. The van der Waals surface area contributed by atoms with Crippen LogP contribution < -0.4 is 18.9 Å². The molecule has 2 aromatic carbocycles. The standard InChI is InChI=1S/C31H31N5O6/c1-31(2)13-21(37)27-24(14-31)42-30-28(26(27)19-7-9-20(38-3)10-8-19)29-34-25(35-36(29)17-32-30)16-41-33-15-18-6-11-22(39-4)23(12-18)40-5/h6-12,15,17,26H,13-14,16H2,1-5H3/b33-15-/t26-/m1/s1. The highest BCUT2D eigenvalue weighted by Gasteiger charge is 2.44. The number of allylic oxidation sites excluding steroid dienone is 2. The molecule has 11 nitrogen and oxygen atoms in total. The van der Waals surface area contributed by atoms with E-state index in [0.717, 1.165) is 16.9 Å². The maximum absolute atomic E-state index is 13.6. The molecule has 0 unspecified atom stereocenters. The summed E-state index contributed by atoms with van der Waals surface area (Å²) in [6.45, 7) is 4.17. The second-order valence-corrected chi connectivity index (χ2v) is 11.0. The normalized spacial score (nSPS) is 17.5. The van der Waals surface area contributed by atoms with Crippen LogP contribution in [0.25, 0.3) is 5.65 Å². The molecule has 1 aliphatic heterocycles. The van der Waals surface area contributed by atoms with Crippen molar-refractivity contribution in [3.8, 4) is 23.1 Å². The minimum Gasteiger partial charge on any atom is -0.497 e. The van der Waals surface area contributed by atoms with Gasteiger partial charge in [0, 0.05) is 29.9 Å². The van der Waals surface area contributed by atoms with Gasteiger partial charge in [0.15, 0.2) is 35.4 Å². The van der Waals surface area contributed by atoms with Crippen LogP contribution in [0.3, 0.4) is 0 Å². The van der Waals surface area contributed by atoms with Gasteiger partial charge in [-0.2, -0.15) is 0 Å². The van der Waals surface area contributed by atoms with Gasteiger partial charge in [-0.3, -0.25) is 4.79 Å². The molecule has 42 heavy (non-hydrogen) atoms. The number of hydrogen-bond acceptors (Lipinski definition) is 10. The lowest BCUT2D eigenvalue weighted by atomic mass is 9.70. The Morgan fingerprint density at radius 1 is 1.05 bits per heavy atom. The summed E-state index contributed by atoms with van der Waals surface area (Å²) in [5.41, 5.74) is 3.34. The average Bonchev–Trinajstić information content (AvgIpc) is 3.41. The molecule has 6 rings (SSSR count). The first kappa shape index (κ1) is 27.3. The van der Waals surface area contributed by atoms with Gasteiger partial charge in [-0.05, 0) is 41.3 Å². The van der Waals surface area contributed by atoms with Crippen molar-refractivity contribution in [2.75, 3.05) is 21.3 Å². The summed E-state index contributed by atoms with van der Waals surface area (Å²) in [7, 11) is 4.78. The first-order valence-corrected chi connectivity index (χ1v) is 13.5. The molecular formula is C31H31N5O6. The molecule has 0 N–H and O–H groups in total. The summed E-state index contributed by atoms with van der Waals surface area (Å²) in [6, 6.07) is 13.1. The van der Waals surface area contributed by atoms with Gasteiger partial charge in [-0.1, -0.05) is 31.1 Å². The third kappa shape index (κ3) is 5.02. The molecule has 2 aromatic heterocycles. The predicted molar refractivity (Wildman–Crippen MR) is 153 cm³/mol. The van der Waals surface area contributed by atoms with Crippen molar-refractivity contribution in [3.05, 3.63) is 82.6 Å². The van der Waals surface area contributed by atoms with Crippen LogP contribution >= 0.6 is 0 Å². The van der Waals surface area contributed by atoms with Crippen LogP contribution in [0.1, 0.15) is 55.1 Å². The van der Waals surface area contributed by atoms with E-state index in [1.807, 2.05) is 30.3 Å². The zero-order valence-corrected chi connectivity index (χ0v) is 24.1. The van der Waals surface area contributed by atoms with Gasteiger partial charge in [0.1, 0.15) is 17.8 Å². The Morgan fingerprint density at radius 2 is 1.83 bits per heavy atom. The molecular weight excluding hydrogens is 538 g/mol. The number of ketones is 1. The summed E-state index contributed by atoms with van der Waals surface area (Å²) < 4.78 is 23.9. The van der Waals surface area contributed by atoms with Gasteiger partial charge >= 0.3 is 0 Å². The Labute approximate surface area is 242 Å². The Balaban J connectivity index is 1.33. The summed E-state index contributed by atoms with van der Waals surface area (Å²) in [6.07, 6.45) is 4.19. The van der Waals surface area contributed by atoms with Gasteiger partial charge in [0.2, 0.25) is 5.88 Å². The van der Waals surface area contributed by atoms with Crippen LogP contribution in [-0.4, -0.2) is 52.9 Å². The summed E-state index contributed by atoms with van der Waals surface area (Å²) in [5, 5.41) is 8.62. The van der Waals surface area contributed by atoms with E-state index in [4.69, 9.17) is 28.8 Å². The molecule has 0 saturated heterocycles. The van der Waals surface area contributed by atoms with Crippen molar-refractivity contribution in [2.45, 2.75) is 39.2 Å². The number of hydrogen-bond donors (Lipinski definition) is 0. The molecule has 1 atom stereocenters. The fourth-order valence-corrected chi connectivity index (χ4v) is 5.51. The SMILES string of the molecule is COc1ccc([C@@H]2C3=C(CC(C)(C)CC3=O)Oc3ncn4nc(CO/N=C\c5ccc(OC)c(OC)c5)nc4c32)cc1. The van der Waals surface area contributed by atoms with Crippen molar-refractivity contribution in [2.24, 2.45) is 10.6 Å². The number of benzene rings is 2. The Morgan fingerprint density at radius 3 is 2.57 bits per heavy atom. The number of Topliss-reactive ketones (excluding diaryl/α,β-unsaturated/α-hetero) is 1. The van der Waals surface area contributed by atoms with Crippen LogP contribution in [0.5, 0.6) is 23.1 Å². The average molecular weight is 570 g/mol. The van der Waals surface area contributed by atoms with Crippen LogP contribution in [0.4, 0.5) is 0 Å². The fourth-order valence-electron chi connectivity index (χ4n) is 5.51. The van der Waals surface area contributed by atoms with Crippen molar-refractivity contribution >= 4 is 17.6 Å². The van der Waals surface area contributed by atoms with Crippen molar-refractivity contribution in [1.82, 2.24) is 19.6 Å². The van der Waals surface area contributed by atoms with E-state index >= 15 is 0 Å². The summed E-state index contributed by atoms with van der Waals surface area (Å²) in [5.74, 6) is 3.06. The maximum atomic E-state index is 13.6. The van der Waals surface area contributed by atoms with E-state index in [0.29, 0.717) is 58.6 Å². The van der Waals surface area contributed by atoms with Gasteiger partial charge in [-0.15, -0.1) is 5.10 Å². The number of nitrogens with zero attached hydrogens (tertiary/aromatic N) is 5. The number of fused-ring (bicyclic) bond motifs is 3. The fraction of sp³-hybridized carbons (Fsp3) is 0.323. The third-order valence-corrected chi connectivity index (χ3v) is 7.43. The highest BCUT2D eigenvalue weighted by molar-refractivity contribution is 6.00. The monoisotopic (exact) mass is 569 g/mol. The minimum atomic E-state index is -0.421. The Hall–Kier alpha value is -4.93. The molecule has 2 aliphatic rings.